The van der Waals surface area contributed by atoms with Crippen LogP contribution in [0.3, 0.4) is 0 Å². The largest absolute Gasteiger partial charge is 0.338 e. The van der Waals surface area contributed by atoms with E-state index in [1.54, 1.807) is 4.90 Å². The van der Waals surface area contributed by atoms with Crippen LogP contribution in [0.2, 0.25) is 0 Å². The third-order valence-electron chi connectivity index (χ3n) is 3.46. The number of hydrogen-bond donors (Lipinski definition) is 3. The molecule has 21 heavy (non-hydrogen) atoms. The Kier molecular flexibility index (Phi) is 5.16. The summed E-state index contributed by atoms with van der Waals surface area (Å²) in [6.07, 6.45) is 0.918. The van der Waals surface area contributed by atoms with E-state index in [1.165, 1.54) is 0 Å². The molecule has 1 heterocycles. The van der Waals surface area contributed by atoms with Gasteiger partial charge in [0, 0.05) is 36.9 Å². The molecule has 0 aliphatic carbocycles. The second kappa shape index (κ2) is 7.08. The highest BCUT2D eigenvalue weighted by molar-refractivity contribution is 5.95. The lowest BCUT2D eigenvalue weighted by Gasteiger charge is -2.27. The summed E-state index contributed by atoms with van der Waals surface area (Å²) >= 11 is 0. The number of urea groups is 1. The highest BCUT2D eigenvalue weighted by Gasteiger charge is 2.19. The molecule has 1 unspecified atom stereocenters. The summed E-state index contributed by atoms with van der Waals surface area (Å²) in [5.74, 6) is -0.151. The van der Waals surface area contributed by atoms with Crippen molar-refractivity contribution < 1.29 is 9.59 Å². The smallest absolute Gasteiger partial charge is 0.321 e. The van der Waals surface area contributed by atoms with E-state index in [1.807, 2.05) is 38.2 Å². The predicted molar refractivity (Wildman–Crippen MR) is 83.5 cm³/mol. The van der Waals surface area contributed by atoms with E-state index in [2.05, 4.69) is 16.0 Å². The van der Waals surface area contributed by atoms with Gasteiger partial charge in [0.25, 0.3) is 0 Å². The zero-order valence-corrected chi connectivity index (χ0v) is 12.5. The van der Waals surface area contributed by atoms with Crippen molar-refractivity contribution in [3.63, 3.8) is 0 Å². The van der Waals surface area contributed by atoms with Gasteiger partial charge in [0.1, 0.15) is 0 Å². The first-order chi connectivity index (χ1) is 10.1. The van der Waals surface area contributed by atoms with Crippen LogP contribution in [0.5, 0.6) is 0 Å². The van der Waals surface area contributed by atoms with Crippen molar-refractivity contribution >= 4 is 23.3 Å². The van der Waals surface area contributed by atoms with E-state index in [0.717, 1.165) is 12.1 Å². The number of carbonyl (C=O) groups is 2. The summed E-state index contributed by atoms with van der Waals surface area (Å²) in [5, 5.41) is 8.68. The number of rotatable bonds is 5. The summed E-state index contributed by atoms with van der Waals surface area (Å²) in [4.78, 5) is 25.5. The first-order valence-corrected chi connectivity index (χ1v) is 7.22. The van der Waals surface area contributed by atoms with Gasteiger partial charge < -0.3 is 16.0 Å². The summed E-state index contributed by atoms with van der Waals surface area (Å²) in [6, 6.07) is 7.28. The normalized spacial score (nSPS) is 16.3. The Bertz CT molecular complexity index is 518. The maximum absolute atomic E-state index is 12.0. The molecule has 0 saturated carbocycles. The molecule has 3 amide bonds. The number of amides is 3. The minimum atomic E-state index is -0.114. The van der Waals surface area contributed by atoms with Crippen molar-refractivity contribution in [2.75, 3.05) is 36.9 Å². The zero-order valence-electron chi connectivity index (χ0n) is 12.5. The summed E-state index contributed by atoms with van der Waals surface area (Å²) in [5.41, 5.74) is 1.50. The molecule has 1 aliphatic heterocycles. The average Bonchev–Trinajstić information content (AvgIpc) is 2.48. The first kappa shape index (κ1) is 15.3. The highest BCUT2D eigenvalue weighted by Crippen LogP contribution is 2.21. The van der Waals surface area contributed by atoms with E-state index < -0.39 is 0 Å². The van der Waals surface area contributed by atoms with Crippen molar-refractivity contribution in [1.29, 1.82) is 0 Å². The van der Waals surface area contributed by atoms with Crippen LogP contribution in [0, 0.1) is 5.92 Å². The number of hydrogen-bond acceptors (Lipinski definition) is 3. The standard InChI is InChI=1S/C15H22N4O2/c1-11(10-16-2)14(20)18-12-5-3-6-13(9-12)19-8-4-7-17-15(19)21/h3,5-6,9,11,16H,4,7-8,10H2,1-2H3,(H,17,21)(H,18,20). The quantitative estimate of drug-likeness (QED) is 0.767. The fraction of sp³-hybridized carbons (Fsp3) is 0.467. The maximum atomic E-state index is 12.0. The van der Waals surface area contributed by atoms with Crippen LogP contribution in [0.4, 0.5) is 16.2 Å². The lowest BCUT2D eigenvalue weighted by Crippen LogP contribution is -2.46. The molecule has 0 spiro atoms. The van der Waals surface area contributed by atoms with Gasteiger partial charge in [0.05, 0.1) is 0 Å². The molecule has 2 rings (SSSR count). The Morgan fingerprint density at radius 3 is 3.00 bits per heavy atom. The van der Waals surface area contributed by atoms with Gasteiger partial charge in [-0.3, -0.25) is 9.69 Å². The zero-order chi connectivity index (χ0) is 15.2. The van der Waals surface area contributed by atoms with Crippen LogP contribution in [-0.2, 0) is 4.79 Å². The molecule has 0 radical (unpaired) electrons. The second-order valence-electron chi connectivity index (χ2n) is 5.24. The monoisotopic (exact) mass is 290 g/mol. The lowest BCUT2D eigenvalue weighted by atomic mass is 10.1. The first-order valence-electron chi connectivity index (χ1n) is 7.22. The van der Waals surface area contributed by atoms with Crippen molar-refractivity contribution in [2.24, 2.45) is 5.92 Å². The molecule has 1 aromatic rings. The Labute approximate surface area is 124 Å². The van der Waals surface area contributed by atoms with Crippen LogP contribution in [0.15, 0.2) is 24.3 Å². The number of carbonyl (C=O) groups excluding carboxylic acids is 2. The molecular weight excluding hydrogens is 268 g/mol. The SMILES string of the molecule is CNCC(C)C(=O)Nc1cccc(N2CCCNC2=O)c1. The van der Waals surface area contributed by atoms with E-state index in [4.69, 9.17) is 0 Å². The molecule has 3 N–H and O–H groups in total. The van der Waals surface area contributed by atoms with Crippen LogP contribution < -0.4 is 20.9 Å². The number of anilines is 2. The number of nitrogens with zero attached hydrogens (tertiary/aromatic N) is 1. The molecule has 1 fully saturated rings. The van der Waals surface area contributed by atoms with Crippen molar-refractivity contribution in [2.45, 2.75) is 13.3 Å². The lowest BCUT2D eigenvalue weighted by molar-refractivity contribution is -0.119. The molecule has 1 aliphatic rings. The fourth-order valence-electron chi connectivity index (χ4n) is 2.29. The van der Waals surface area contributed by atoms with Gasteiger partial charge in [0.15, 0.2) is 0 Å². The van der Waals surface area contributed by atoms with Crippen molar-refractivity contribution in [3.8, 4) is 0 Å². The van der Waals surface area contributed by atoms with Crippen LogP contribution in [-0.4, -0.2) is 38.6 Å². The maximum Gasteiger partial charge on any atom is 0.321 e. The summed E-state index contributed by atoms with van der Waals surface area (Å²) in [7, 11) is 1.82. The molecule has 0 bridgehead atoms. The topological polar surface area (TPSA) is 73.5 Å². The Hall–Kier alpha value is -2.08. The Balaban J connectivity index is 2.07. The average molecular weight is 290 g/mol. The Morgan fingerprint density at radius 2 is 2.29 bits per heavy atom. The Morgan fingerprint density at radius 1 is 1.48 bits per heavy atom. The third kappa shape index (κ3) is 3.95. The van der Waals surface area contributed by atoms with Gasteiger partial charge >= 0.3 is 6.03 Å². The van der Waals surface area contributed by atoms with Gasteiger partial charge in [-0.1, -0.05) is 13.0 Å². The van der Waals surface area contributed by atoms with E-state index in [-0.39, 0.29) is 17.9 Å². The van der Waals surface area contributed by atoms with Crippen LogP contribution in [0.1, 0.15) is 13.3 Å². The molecule has 6 heteroatoms. The van der Waals surface area contributed by atoms with E-state index >= 15 is 0 Å². The highest BCUT2D eigenvalue weighted by atomic mass is 16.2. The predicted octanol–water partition coefficient (Wildman–Crippen LogP) is 1.40. The van der Waals surface area contributed by atoms with Gasteiger partial charge in [-0.2, -0.15) is 0 Å². The summed E-state index contributed by atoms with van der Waals surface area (Å²) in [6.45, 7) is 3.90. The van der Waals surface area contributed by atoms with Gasteiger partial charge in [-0.25, -0.2) is 4.79 Å². The van der Waals surface area contributed by atoms with Crippen molar-refractivity contribution in [3.05, 3.63) is 24.3 Å². The molecule has 1 saturated heterocycles. The number of nitrogens with one attached hydrogen (secondary N) is 3. The van der Waals surface area contributed by atoms with Gasteiger partial charge in [-0.05, 0) is 31.7 Å². The van der Waals surface area contributed by atoms with Gasteiger partial charge in [0.2, 0.25) is 5.91 Å². The van der Waals surface area contributed by atoms with Crippen LogP contribution >= 0.6 is 0 Å². The molecule has 6 nitrogen and oxygen atoms in total. The fourth-order valence-corrected chi connectivity index (χ4v) is 2.29. The minimum Gasteiger partial charge on any atom is -0.338 e. The molecule has 0 aromatic heterocycles. The molecule has 114 valence electrons. The minimum absolute atomic E-state index is 0.0374. The molecular formula is C15H22N4O2. The van der Waals surface area contributed by atoms with Gasteiger partial charge in [-0.15, -0.1) is 0 Å². The molecule has 1 aromatic carbocycles. The van der Waals surface area contributed by atoms with Crippen molar-refractivity contribution in [1.82, 2.24) is 10.6 Å². The number of benzene rings is 1. The molecule has 1 atom stereocenters. The van der Waals surface area contributed by atoms with E-state index in [9.17, 15) is 9.59 Å². The summed E-state index contributed by atoms with van der Waals surface area (Å²) < 4.78 is 0. The second-order valence-corrected chi connectivity index (χ2v) is 5.24. The van der Waals surface area contributed by atoms with Crippen LogP contribution in [0.25, 0.3) is 0 Å². The van der Waals surface area contributed by atoms with E-state index in [0.29, 0.717) is 25.3 Å². The third-order valence-corrected chi connectivity index (χ3v) is 3.46.